The number of phenolic OH excluding ortho intramolecular Hbond substituents is 1. The predicted molar refractivity (Wildman–Crippen MR) is 96.3 cm³/mol. The van der Waals surface area contributed by atoms with Crippen LogP contribution < -0.4 is 0 Å². The molecule has 0 saturated carbocycles. The zero-order valence-corrected chi connectivity index (χ0v) is 13.5. The molecule has 0 aliphatic carbocycles. The van der Waals surface area contributed by atoms with E-state index >= 15 is 0 Å². The van der Waals surface area contributed by atoms with Gasteiger partial charge in [-0.25, -0.2) is 4.98 Å². The second kappa shape index (κ2) is 6.37. The normalized spacial score (nSPS) is 11.1. The van der Waals surface area contributed by atoms with Gasteiger partial charge in [-0.15, -0.1) is 0 Å². The molecule has 2 heterocycles. The number of phenols is 1. The summed E-state index contributed by atoms with van der Waals surface area (Å²) in [5.41, 5.74) is 5.58. The summed E-state index contributed by atoms with van der Waals surface area (Å²) in [4.78, 5) is 8.92. The number of nitrogens with zero attached hydrogens (tertiary/aromatic N) is 3. The molecule has 25 heavy (non-hydrogen) atoms. The molecule has 0 radical (unpaired) electrons. The lowest BCUT2D eigenvalue weighted by Gasteiger charge is -2.07. The number of rotatable bonds is 4. The van der Waals surface area contributed by atoms with Crippen molar-refractivity contribution in [1.82, 2.24) is 14.4 Å². The van der Waals surface area contributed by atoms with Crippen molar-refractivity contribution in [3.8, 4) is 28.3 Å². The second-order valence-electron chi connectivity index (χ2n) is 5.87. The van der Waals surface area contributed by atoms with Crippen molar-refractivity contribution < 1.29 is 10.2 Å². The molecule has 124 valence electrons. The number of benzene rings is 2. The maximum absolute atomic E-state index is 9.48. The van der Waals surface area contributed by atoms with Crippen molar-refractivity contribution >= 4 is 5.65 Å². The van der Waals surface area contributed by atoms with Crippen LogP contribution in [0.1, 0.15) is 5.56 Å². The van der Waals surface area contributed by atoms with Crippen molar-refractivity contribution in [1.29, 1.82) is 0 Å². The quantitative estimate of drug-likeness (QED) is 0.602. The van der Waals surface area contributed by atoms with Crippen molar-refractivity contribution in [3.63, 3.8) is 0 Å². The Kier molecular flexibility index (Phi) is 3.91. The summed E-state index contributed by atoms with van der Waals surface area (Å²) >= 11 is 0. The first-order valence-electron chi connectivity index (χ1n) is 8.07. The Hall–Kier alpha value is -3.18. The van der Waals surface area contributed by atoms with E-state index in [1.54, 1.807) is 24.5 Å². The van der Waals surface area contributed by atoms with Gasteiger partial charge in [0.25, 0.3) is 0 Å². The summed E-state index contributed by atoms with van der Waals surface area (Å²) in [6, 6.07) is 15.1. The maximum atomic E-state index is 9.48. The van der Waals surface area contributed by atoms with Gasteiger partial charge in [0.2, 0.25) is 0 Å². The number of aliphatic hydroxyl groups excluding tert-OH is 1. The predicted octanol–water partition coefficient (Wildman–Crippen LogP) is 3.30. The molecule has 0 aliphatic heterocycles. The zero-order valence-electron chi connectivity index (χ0n) is 13.5. The van der Waals surface area contributed by atoms with Crippen LogP contribution in [0.25, 0.3) is 28.2 Å². The van der Waals surface area contributed by atoms with Crippen LogP contribution in [-0.2, 0) is 6.42 Å². The van der Waals surface area contributed by atoms with Crippen LogP contribution in [0.15, 0.2) is 67.1 Å². The van der Waals surface area contributed by atoms with Gasteiger partial charge in [-0.3, -0.25) is 9.38 Å². The molecule has 0 fully saturated rings. The van der Waals surface area contributed by atoms with Gasteiger partial charge in [0, 0.05) is 23.9 Å². The van der Waals surface area contributed by atoms with Gasteiger partial charge in [-0.2, -0.15) is 0 Å². The van der Waals surface area contributed by atoms with Gasteiger partial charge in [0.1, 0.15) is 5.75 Å². The third kappa shape index (κ3) is 2.97. The van der Waals surface area contributed by atoms with Gasteiger partial charge >= 0.3 is 0 Å². The smallest absolute Gasteiger partial charge is 0.155 e. The van der Waals surface area contributed by atoms with Gasteiger partial charge in [-0.1, -0.05) is 18.2 Å². The summed E-state index contributed by atoms with van der Waals surface area (Å²) in [5, 5.41) is 18.6. The molecule has 2 aromatic heterocycles. The molecule has 0 aliphatic rings. The van der Waals surface area contributed by atoms with E-state index in [9.17, 15) is 5.11 Å². The third-order valence-corrected chi connectivity index (χ3v) is 4.18. The highest BCUT2D eigenvalue weighted by Crippen LogP contribution is 2.25. The largest absolute Gasteiger partial charge is 0.508 e. The Morgan fingerprint density at radius 1 is 0.920 bits per heavy atom. The first kappa shape index (κ1) is 15.4. The number of hydrogen-bond acceptors (Lipinski definition) is 4. The van der Waals surface area contributed by atoms with E-state index in [1.807, 2.05) is 47.0 Å². The molecule has 5 heteroatoms. The van der Waals surface area contributed by atoms with E-state index in [-0.39, 0.29) is 12.4 Å². The van der Waals surface area contributed by atoms with Crippen LogP contribution in [-0.4, -0.2) is 31.2 Å². The van der Waals surface area contributed by atoms with Gasteiger partial charge in [0.05, 0.1) is 23.8 Å². The standard InChI is InChI=1S/C20H17N3O2/c24-9-8-14-2-1-3-16(10-14)18-13-23-19(11-22-20(23)12-21-18)15-4-6-17(25)7-5-15/h1-7,10-13,24-25H,8-9H2. The monoisotopic (exact) mass is 331 g/mol. The third-order valence-electron chi connectivity index (χ3n) is 4.18. The summed E-state index contributed by atoms with van der Waals surface area (Å²) in [6.45, 7) is 0.127. The molecule has 0 saturated heterocycles. The molecule has 4 rings (SSSR count). The van der Waals surface area contributed by atoms with E-state index in [0.29, 0.717) is 6.42 Å². The average molecular weight is 331 g/mol. The summed E-state index contributed by atoms with van der Waals surface area (Å²) in [6.07, 6.45) is 6.13. The molecular formula is C20H17N3O2. The van der Waals surface area contributed by atoms with Crippen LogP contribution in [0.5, 0.6) is 5.75 Å². The van der Waals surface area contributed by atoms with Gasteiger partial charge in [-0.05, 0) is 42.3 Å². The summed E-state index contributed by atoms with van der Waals surface area (Å²) < 4.78 is 1.99. The maximum Gasteiger partial charge on any atom is 0.155 e. The number of hydrogen-bond donors (Lipinski definition) is 2. The molecule has 4 aromatic rings. The molecule has 0 unspecified atom stereocenters. The first-order valence-corrected chi connectivity index (χ1v) is 8.07. The Morgan fingerprint density at radius 2 is 1.76 bits per heavy atom. The lowest BCUT2D eigenvalue weighted by molar-refractivity contribution is 0.299. The van der Waals surface area contributed by atoms with Crippen molar-refractivity contribution in [2.75, 3.05) is 6.61 Å². The van der Waals surface area contributed by atoms with Gasteiger partial charge < -0.3 is 10.2 Å². The topological polar surface area (TPSA) is 70.7 Å². The van der Waals surface area contributed by atoms with Crippen LogP contribution in [0.2, 0.25) is 0 Å². The Morgan fingerprint density at radius 3 is 2.56 bits per heavy atom. The summed E-state index contributed by atoms with van der Waals surface area (Å²) in [7, 11) is 0. The lowest BCUT2D eigenvalue weighted by Crippen LogP contribution is -1.95. The highest BCUT2D eigenvalue weighted by molar-refractivity contribution is 5.67. The van der Waals surface area contributed by atoms with Gasteiger partial charge in [0.15, 0.2) is 5.65 Å². The SMILES string of the molecule is OCCc1cccc(-c2cn3c(-c4ccc(O)cc4)cnc3cn2)c1. The summed E-state index contributed by atoms with van der Waals surface area (Å²) in [5.74, 6) is 0.237. The number of imidazole rings is 1. The van der Waals surface area contributed by atoms with Crippen molar-refractivity contribution in [3.05, 3.63) is 72.7 Å². The minimum absolute atomic E-state index is 0.127. The fourth-order valence-corrected chi connectivity index (χ4v) is 2.90. The Bertz CT molecular complexity index is 1020. The number of aromatic nitrogens is 3. The van der Waals surface area contributed by atoms with E-state index in [1.165, 1.54) is 0 Å². The van der Waals surface area contributed by atoms with E-state index < -0.39 is 0 Å². The highest BCUT2D eigenvalue weighted by Gasteiger charge is 2.09. The van der Waals surface area contributed by atoms with Crippen molar-refractivity contribution in [2.45, 2.75) is 6.42 Å². The minimum atomic E-state index is 0.127. The fraction of sp³-hybridized carbons (Fsp3) is 0.100. The van der Waals surface area contributed by atoms with E-state index in [2.05, 4.69) is 9.97 Å². The van der Waals surface area contributed by atoms with Crippen LogP contribution in [0.3, 0.4) is 0 Å². The molecule has 0 bridgehead atoms. The average Bonchev–Trinajstić information content (AvgIpc) is 3.06. The molecule has 0 spiro atoms. The second-order valence-corrected chi connectivity index (χ2v) is 5.87. The lowest BCUT2D eigenvalue weighted by atomic mass is 10.1. The number of aliphatic hydroxyl groups is 1. The van der Waals surface area contributed by atoms with E-state index in [0.717, 1.165) is 33.7 Å². The highest BCUT2D eigenvalue weighted by atomic mass is 16.3. The fourth-order valence-electron chi connectivity index (χ4n) is 2.90. The number of fused-ring (bicyclic) bond motifs is 1. The minimum Gasteiger partial charge on any atom is -0.508 e. The molecule has 2 aromatic carbocycles. The van der Waals surface area contributed by atoms with Crippen LogP contribution in [0.4, 0.5) is 0 Å². The van der Waals surface area contributed by atoms with E-state index in [4.69, 9.17) is 5.11 Å². The molecule has 0 amide bonds. The number of aromatic hydroxyl groups is 1. The Labute approximate surface area is 144 Å². The van der Waals surface area contributed by atoms with Crippen LogP contribution >= 0.6 is 0 Å². The zero-order chi connectivity index (χ0) is 17.2. The first-order chi connectivity index (χ1) is 12.2. The van der Waals surface area contributed by atoms with Crippen LogP contribution in [0, 0.1) is 0 Å². The van der Waals surface area contributed by atoms with Crippen molar-refractivity contribution in [2.24, 2.45) is 0 Å². The molecule has 0 atom stereocenters. The Balaban J connectivity index is 1.81. The molecular weight excluding hydrogens is 314 g/mol. The molecule has 2 N–H and O–H groups in total. The molecule has 5 nitrogen and oxygen atoms in total.